The molecule has 0 saturated carbocycles. The van der Waals surface area contributed by atoms with Gasteiger partial charge in [0.05, 0.1) is 26.5 Å². The van der Waals surface area contributed by atoms with Crippen molar-refractivity contribution in [2.24, 2.45) is 4.99 Å². The number of ether oxygens (including phenoxy) is 2. The third-order valence-electron chi connectivity index (χ3n) is 3.74. The number of rotatable bonds is 7. The Labute approximate surface area is 137 Å². The highest BCUT2D eigenvalue weighted by Gasteiger charge is 2.09. The van der Waals surface area contributed by atoms with Crippen molar-refractivity contribution in [3.63, 3.8) is 0 Å². The maximum absolute atomic E-state index is 9.52. The molecule has 4 nitrogen and oxygen atoms in total. The molecule has 0 aliphatic rings. The van der Waals surface area contributed by atoms with Crippen LogP contribution in [0.4, 0.5) is 0 Å². The van der Waals surface area contributed by atoms with E-state index in [1.165, 1.54) is 0 Å². The second kappa shape index (κ2) is 8.34. The molecule has 1 N–H and O–H groups in total. The summed E-state index contributed by atoms with van der Waals surface area (Å²) in [6, 6.07) is 13.7. The first-order valence-corrected chi connectivity index (χ1v) is 7.60. The molecule has 0 heterocycles. The fraction of sp³-hybridized carbons (Fsp3) is 0.316. The van der Waals surface area contributed by atoms with Crippen LogP contribution in [-0.2, 0) is 6.42 Å². The maximum Gasteiger partial charge on any atom is 0.122 e. The molecule has 0 bridgehead atoms. The molecule has 0 radical (unpaired) electrons. The molecule has 2 aromatic rings. The third-order valence-corrected chi connectivity index (χ3v) is 3.74. The van der Waals surface area contributed by atoms with Gasteiger partial charge in [0.15, 0.2) is 0 Å². The van der Waals surface area contributed by atoms with Crippen LogP contribution in [0.1, 0.15) is 16.7 Å². The average Bonchev–Trinajstić information content (AvgIpc) is 2.60. The van der Waals surface area contributed by atoms with Crippen LogP contribution in [0, 0.1) is 6.92 Å². The van der Waals surface area contributed by atoms with Crippen LogP contribution >= 0.6 is 0 Å². The molecule has 0 atom stereocenters. The Morgan fingerprint density at radius 2 is 1.74 bits per heavy atom. The summed E-state index contributed by atoms with van der Waals surface area (Å²) in [5.74, 6) is 1.68. The molecule has 0 amide bonds. The molecule has 0 spiro atoms. The smallest absolute Gasteiger partial charge is 0.122 e. The van der Waals surface area contributed by atoms with E-state index in [4.69, 9.17) is 9.47 Å². The first kappa shape index (κ1) is 17.0. The van der Waals surface area contributed by atoms with E-state index in [0.29, 0.717) is 12.3 Å². The number of aliphatic hydroxyl groups excluding tert-OH is 1. The summed E-state index contributed by atoms with van der Waals surface area (Å²) in [5.41, 5.74) is 3.73. The highest BCUT2D eigenvalue weighted by atomic mass is 16.5. The molecule has 0 saturated heterocycles. The fourth-order valence-corrected chi connectivity index (χ4v) is 2.48. The molecule has 4 heteroatoms. The SMILES string of the molecule is COc1cc(CCN=C(CO)c2ccccc2)c(OC)cc1C. The second-order valence-corrected chi connectivity index (χ2v) is 5.24. The molecule has 23 heavy (non-hydrogen) atoms. The van der Waals surface area contributed by atoms with Crippen LogP contribution in [0.25, 0.3) is 0 Å². The van der Waals surface area contributed by atoms with E-state index in [1.54, 1.807) is 14.2 Å². The number of methoxy groups -OCH3 is 2. The molecule has 122 valence electrons. The van der Waals surface area contributed by atoms with Crippen LogP contribution in [0.3, 0.4) is 0 Å². The number of benzene rings is 2. The fourth-order valence-electron chi connectivity index (χ4n) is 2.48. The summed E-state index contributed by atoms with van der Waals surface area (Å²) < 4.78 is 10.8. The summed E-state index contributed by atoms with van der Waals surface area (Å²) >= 11 is 0. The van der Waals surface area contributed by atoms with E-state index in [1.807, 2.05) is 49.4 Å². The van der Waals surface area contributed by atoms with E-state index in [9.17, 15) is 5.11 Å². The first-order chi connectivity index (χ1) is 11.2. The van der Waals surface area contributed by atoms with Gasteiger partial charge >= 0.3 is 0 Å². The molecule has 2 rings (SSSR count). The lowest BCUT2D eigenvalue weighted by Crippen LogP contribution is -2.08. The minimum Gasteiger partial charge on any atom is -0.496 e. The Kier molecular flexibility index (Phi) is 6.18. The summed E-state index contributed by atoms with van der Waals surface area (Å²) in [5, 5.41) is 9.52. The van der Waals surface area contributed by atoms with Crippen molar-refractivity contribution in [1.82, 2.24) is 0 Å². The van der Waals surface area contributed by atoms with Gasteiger partial charge in [-0.25, -0.2) is 0 Å². The zero-order chi connectivity index (χ0) is 16.7. The summed E-state index contributed by atoms with van der Waals surface area (Å²) in [6.45, 7) is 2.49. The normalized spacial score (nSPS) is 11.4. The van der Waals surface area contributed by atoms with Gasteiger partial charge in [-0.3, -0.25) is 4.99 Å². The van der Waals surface area contributed by atoms with Crippen LogP contribution in [0.5, 0.6) is 11.5 Å². The third kappa shape index (κ3) is 4.33. The van der Waals surface area contributed by atoms with E-state index >= 15 is 0 Å². The van der Waals surface area contributed by atoms with Gasteiger partial charge in [0, 0.05) is 6.54 Å². The molecule has 2 aromatic carbocycles. The number of aliphatic imine (C=N–C) groups is 1. The Morgan fingerprint density at radius 1 is 1.04 bits per heavy atom. The Balaban J connectivity index is 2.15. The van der Waals surface area contributed by atoms with E-state index in [0.717, 1.165) is 34.6 Å². The minimum atomic E-state index is -0.0711. The maximum atomic E-state index is 9.52. The summed E-state index contributed by atoms with van der Waals surface area (Å²) in [6.07, 6.45) is 0.718. The number of nitrogens with zero attached hydrogens (tertiary/aromatic N) is 1. The van der Waals surface area contributed by atoms with Gasteiger partial charge in [0.2, 0.25) is 0 Å². The highest BCUT2D eigenvalue weighted by molar-refractivity contribution is 6.01. The van der Waals surface area contributed by atoms with Crippen molar-refractivity contribution in [2.45, 2.75) is 13.3 Å². The molecule has 0 unspecified atom stereocenters. The second-order valence-electron chi connectivity index (χ2n) is 5.24. The van der Waals surface area contributed by atoms with E-state index in [-0.39, 0.29) is 6.61 Å². The van der Waals surface area contributed by atoms with Crippen molar-refractivity contribution in [2.75, 3.05) is 27.4 Å². The Bertz CT molecular complexity index is 666. The number of hydrogen-bond donors (Lipinski definition) is 1. The number of aliphatic hydroxyl groups is 1. The number of hydrogen-bond acceptors (Lipinski definition) is 4. The lowest BCUT2D eigenvalue weighted by molar-refractivity contribution is 0.357. The minimum absolute atomic E-state index is 0.0711. The van der Waals surface area contributed by atoms with Gasteiger partial charge in [0.1, 0.15) is 11.5 Å². The Hall–Kier alpha value is -2.33. The molecule has 0 aliphatic carbocycles. The molecule has 0 fully saturated rings. The van der Waals surface area contributed by atoms with Gasteiger partial charge in [-0.1, -0.05) is 30.3 Å². The van der Waals surface area contributed by atoms with E-state index in [2.05, 4.69) is 4.99 Å². The highest BCUT2D eigenvalue weighted by Crippen LogP contribution is 2.28. The van der Waals surface area contributed by atoms with Crippen LogP contribution < -0.4 is 9.47 Å². The summed E-state index contributed by atoms with van der Waals surface area (Å²) in [7, 11) is 3.33. The van der Waals surface area contributed by atoms with Gasteiger partial charge in [-0.05, 0) is 42.2 Å². The van der Waals surface area contributed by atoms with Crippen molar-refractivity contribution in [3.8, 4) is 11.5 Å². The van der Waals surface area contributed by atoms with Crippen molar-refractivity contribution >= 4 is 5.71 Å². The molecule has 0 aromatic heterocycles. The van der Waals surface area contributed by atoms with E-state index < -0.39 is 0 Å². The lowest BCUT2D eigenvalue weighted by atomic mass is 10.1. The van der Waals surface area contributed by atoms with Gasteiger partial charge < -0.3 is 14.6 Å². The predicted octanol–water partition coefficient (Wildman–Crippen LogP) is 3.04. The predicted molar refractivity (Wildman–Crippen MR) is 92.9 cm³/mol. The average molecular weight is 313 g/mol. The molecule has 0 aliphatic heterocycles. The van der Waals surface area contributed by atoms with Crippen LogP contribution in [-0.4, -0.2) is 38.2 Å². The molecular weight excluding hydrogens is 290 g/mol. The van der Waals surface area contributed by atoms with Gasteiger partial charge in [0.25, 0.3) is 0 Å². The Morgan fingerprint density at radius 3 is 2.35 bits per heavy atom. The monoisotopic (exact) mass is 313 g/mol. The standard InChI is InChI=1S/C19H23NO3/c1-14-11-19(23-3)16(12-18(14)22-2)9-10-20-17(13-21)15-7-5-4-6-8-15/h4-8,11-12,21H,9-10,13H2,1-3H3. The van der Waals surface area contributed by atoms with Crippen LogP contribution in [0.15, 0.2) is 47.5 Å². The topological polar surface area (TPSA) is 51.0 Å². The number of aryl methyl sites for hydroxylation is 1. The van der Waals surface area contributed by atoms with Crippen LogP contribution in [0.2, 0.25) is 0 Å². The van der Waals surface area contributed by atoms with Crippen molar-refractivity contribution < 1.29 is 14.6 Å². The zero-order valence-corrected chi connectivity index (χ0v) is 13.9. The van der Waals surface area contributed by atoms with Gasteiger partial charge in [-0.15, -0.1) is 0 Å². The molecular formula is C19H23NO3. The lowest BCUT2D eigenvalue weighted by Gasteiger charge is -2.12. The van der Waals surface area contributed by atoms with Gasteiger partial charge in [-0.2, -0.15) is 0 Å². The zero-order valence-electron chi connectivity index (χ0n) is 13.9. The van der Waals surface area contributed by atoms with Crippen molar-refractivity contribution in [3.05, 3.63) is 59.2 Å². The largest absolute Gasteiger partial charge is 0.496 e. The van der Waals surface area contributed by atoms with Crippen molar-refractivity contribution in [1.29, 1.82) is 0 Å². The summed E-state index contributed by atoms with van der Waals surface area (Å²) in [4.78, 5) is 4.53. The first-order valence-electron chi connectivity index (χ1n) is 7.60. The quantitative estimate of drug-likeness (QED) is 0.799.